The van der Waals surface area contributed by atoms with Crippen molar-refractivity contribution in [1.82, 2.24) is 10.1 Å². The van der Waals surface area contributed by atoms with Gasteiger partial charge in [0.15, 0.2) is 0 Å². The molecule has 2 aromatic rings. The van der Waals surface area contributed by atoms with Gasteiger partial charge in [-0.2, -0.15) is 0 Å². The molecule has 7 nitrogen and oxygen atoms in total. The van der Waals surface area contributed by atoms with Gasteiger partial charge in [-0.05, 0) is 6.07 Å². The highest BCUT2D eigenvalue weighted by Gasteiger charge is 2.15. The van der Waals surface area contributed by atoms with Crippen molar-refractivity contribution in [1.29, 1.82) is 0 Å². The summed E-state index contributed by atoms with van der Waals surface area (Å²) in [6, 6.07) is 4.30. The van der Waals surface area contributed by atoms with Crippen molar-refractivity contribution >= 4 is 23.1 Å². The van der Waals surface area contributed by atoms with E-state index in [0.29, 0.717) is 5.69 Å². The first-order valence-electron chi connectivity index (χ1n) is 4.61. The molecular formula is C9H7ClN4O3. The van der Waals surface area contributed by atoms with E-state index >= 15 is 0 Å². The van der Waals surface area contributed by atoms with Gasteiger partial charge in [0.05, 0.1) is 11.5 Å². The molecule has 0 saturated carbocycles. The largest absolute Gasteiger partial charge is 0.364 e. The molecule has 0 fully saturated rings. The van der Waals surface area contributed by atoms with E-state index in [9.17, 15) is 10.1 Å². The highest BCUT2D eigenvalue weighted by molar-refractivity contribution is 6.29. The van der Waals surface area contributed by atoms with Crippen molar-refractivity contribution in [3.8, 4) is 0 Å². The maximum absolute atomic E-state index is 10.7. The second-order valence-corrected chi connectivity index (χ2v) is 3.49. The molecule has 2 heterocycles. The van der Waals surface area contributed by atoms with Crippen LogP contribution in [0.15, 0.2) is 29.0 Å². The average molecular weight is 255 g/mol. The summed E-state index contributed by atoms with van der Waals surface area (Å²) in [7, 11) is 0. The standard InChI is InChI=1S/C9H7ClN4O3/c10-8-2-1-7(14(15)16)9(12-8)11-5-6-3-4-17-13-6/h1-4H,5H2,(H,11,12). The molecule has 0 bridgehead atoms. The Bertz CT molecular complexity index is 529. The molecular weight excluding hydrogens is 248 g/mol. The van der Waals surface area contributed by atoms with Crippen LogP contribution >= 0.6 is 11.6 Å². The lowest BCUT2D eigenvalue weighted by atomic mass is 10.3. The van der Waals surface area contributed by atoms with Crippen molar-refractivity contribution in [3.05, 3.63) is 45.4 Å². The van der Waals surface area contributed by atoms with Crippen LogP contribution in [0, 0.1) is 10.1 Å². The van der Waals surface area contributed by atoms with Crippen LogP contribution in [0.3, 0.4) is 0 Å². The Hall–Kier alpha value is -2.15. The maximum Gasteiger partial charge on any atom is 0.311 e. The minimum absolute atomic E-state index is 0.102. The molecule has 2 aromatic heterocycles. The Labute approximate surface area is 101 Å². The van der Waals surface area contributed by atoms with Crippen molar-refractivity contribution in [3.63, 3.8) is 0 Å². The van der Waals surface area contributed by atoms with Crippen molar-refractivity contribution in [2.24, 2.45) is 0 Å². The molecule has 88 valence electrons. The number of nitrogens with one attached hydrogen (secondary N) is 1. The number of nitrogens with zero attached hydrogens (tertiary/aromatic N) is 3. The zero-order valence-electron chi connectivity index (χ0n) is 8.46. The molecule has 1 N–H and O–H groups in total. The quantitative estimate of drug-likeness (QED) is 0.511. The van der Waals surface area contributed by atoms with Gasteiger partial charge in [0.2, 0.25) is 5.82 Å². The molecule has 0 atom stereocenters. The number of halogens is 1. The summed E-state index contributed by atoms with van der Waals surface area (Å²) in [5.41, 5.74) is 0.471. The second kappa shape index (κ2) is 4.79. The van der Waals surface area contributed by atoms with E-state index < -0.39 is 4.92 Å². The molecule has 2 rings (SSSR count). The number of pyridine rings is 1. The van der Waals surface area contributed by atoms with Gasteiger partial charge in [-0.3, -0.25) is 10.1 Å². The number of aromatic nitrogens is 2. The molecule has 0 aliphatic carbocycles. The lowest BCUT2D eigenvalue weighted by Crippen LogP contribution is -2.04. The summed E-state index contributed by atoms with van der Waals surface area (Å²) in [6.45, 7) is 0.269. The van der Waals surface area contributed by atoms with Crippen LogP contribution in [0.4, 0.5) is 11.5 Å². The van der Waals surface area contributed by atoms with Crippen LogP contribution in [0.25, 0.3) is 0 Å². The van der Waals surface area contributed by atoms with Gasteiger partial charge in [0.1, 0.15) is 17.1 Å². The predicted octanol–water partition coefficient (Wildman–Crippen LogP) is 2.24. The summed E-state index contributed by atoms with van der Waals surface area (Å²) in [6.07, 6.45) is 1.41. The van der Waals surface area contributed by atoms with E-state index in [1.807, 2.05) is 0 Å². The van der Waals surface area contributed by atoms with Gasteiger partial charge >= 0.3 is 5.69 Å². The van der Waals surface area contributed by atoms with Gasteiger partial charge in [0.25, 0.3) is 0 Å². The van der Waals surface area contributed by atoms with Gasteiger partial charge in [-0.25, -0.2) is 4.98 Å². The van der Waals surface area contributed by atoms with Gasteiger partial charge < -0.3 is 9.84 Å². The van der Waals surface area contributed by atoms with E-state index in [2.05, 4.69) is 20.0 Å². The van der Waals surface area contributed by atoms with Gasteiger partial charge in [-0.15, -0.1) is 0 Å². The normalized spacial score (nSPS) is 10.2. The highest BCUT2D eigenvalue weighted by atomic mass is 35.5. The van der Waals surface area contributed by atoms with E-state index in [-0.39, 0.29) is 23.2 Å². The molecule has 0 aromatic carbocycles. The Kier molecular flexibility index (Phi) is 3.20. The number of rotatable bonds is 4. The van der Waals surface area contributed by atoms with Crippen LogP contribution in [-0.2, 0) is 6.54 Å². The lowest BCUT2D eigenvalue weighted by molar-refractivity contribution is -0.384. The summed E-state index contributed by atoms with van der Waals surface area (Å²) in [4.78, 5) is 14.1. The summed E-state index contributed by atoms with van der Waals surface area (Å²) >= 11 is 5.67. The molecule has 0 amide bonds. The zero-order valence-corrected chi connectivity index (χ0v) is 9.22. The number of anilines is 1. The maximum atomic E-state index is 10.7. The third-order valence-corrected chi connectivity index (χ3v) is 2.18. The first kappa shape index (κ1) is 11.3. The fourth-order valence-corrected chi connectivity index (χ4v) is 1.36. The van der Waals surface area contributed by atoms with E-state index in [1.165, 1.54) is 18.4 Å². The third kappa shape index (κ3) is 2.70. The number of hydrogen-bond acceptors (Lipinski definition) is 6. The van der Waals surface area contributed by atoms with Crippen LogP contribution in [0.5, 0.6) is 0 Å². The lowest BCUT2D eigenvalue weighted by Gasteiger charge is -2.04. The first-order valence-corrected chi connectivity index (χ1v) is 4.98. The van der Waals surface area contributed by atoms with Gasteiger partial charge in [-0.1, -0.05) is 16.8 Å². The van der Waals surface area contributed by atoms with Gasteiger partial charge in [0, 0.05) is 12.1 Å². The highest BCUT2D eigenvalue weighted by Crippen LogP contribution is 2.24. The monoisotopic (exact) mass is 254 g/mol. The van der Waals surface area contributed by atoms with E-state index in [0.717, 1.165) is 0 Å². The minimum Gasteiger partial charge on any atom is -0.364 e. The zero-order chi connectivity index (χ0) is 12.3. The number of nitro groups is 1. The molecule has 8 heteroatoms. The predicted molar refractivity (Wildman–Crippen MR) is 59.7 cm³/mol. The van der Waals surface area contributed by atoms with Crippen LogP contribution in [0.2, 0.25) is 5.15 Å². The van der Waals surface area contributed by atoms with Crippen molar-refractivity contribution in [2.45, 2.75) is 6.54 Å². The Morgan fingerprint density at radius 3 is 2.94 bits per heavy atom. The molecule has 0 aliphatic heterocycles. The topological polar surface area (TPSA) is 94.1 Å². The Balaban J connectivity index is 2.19. The summed E-state index contributed by atoms with van der Waals surface area (Å²) < 4.78 is 4.63. The Morgan fingerprint density at radius 1 is 1.47 bits per heavy atom. The molecule has 0 aliphatic rings. The Morgan fingerprint density at radius 2 is 2.29 bits per heavy atom. The smallest absolute Gasteiger partial charge is 0.311 e. The average Bonchev–Trinajstić information content (AvgIpc) is 2.78. The molecule has 0 radical (unpaired) electrons. The molecule has 0 spiro atoms. The second-order valence-electron chi connectivity index (χ2n) is 3.10. The summed E-state index contributed by atoms with van der Waals surface area (Å²) in [5, 5.41) is 17.4. The third-order valence-electron chi connectivity index (χ3n) is 1.96. The fourth-order valence-electron chi connectivity index (χ4n) is 1.21. The van der Waals surface area contributed by atoms with Crippen molar-refractivity contribution in [2.75, 3.05) is 5.32 Å². The molecule has 0 unspecified atom stereocenters. The van der Waals surface area contributed by atoms with Crippen LogP contribution in [-0.4, -0.2) is 15.1 Å². The fraction of sp³-hybridized carbons (Fsp3) is 0.111. The van der Waals surface area contributed by atoms with Crippen LogP contribution < -0.4 is 5.32 Å². The first-order chi connectivity index (χ1) is 8.16. The van der Waals surface area contributed by atoms with Crippen LogP contribution in [0.1, 0.15) is 5.69 Å². The molecule has 17 heavy (non-hydrogen) atoms. The minimum atomic E-state index is -0.533. The molecule has 0 saturated heterocycles. The van der Waals surface area contributed by atoms with E-state index in [4.69, 9.17) is 11.6 Å². The van der Waals surface area contributed by atoms with E-state index in [1.54, 1.807) is 6.07 Å². The van der Waals surface area contributed by atoms with Crippen molar-refractivity contribution < 1.29 is 9.45 Å². The summed E-state index contributed by atoms with van der Waals surface area (Å²) in [5.74, 6) is 0.102. The number of hydrogen-bond donors (Lipinski definition) is 1. The SMILES string of the molecule is O=[N+]([O-])c1ccc(Cl)nc1NCc1ccon1.